The quantitative estimate of drug-likeness (QED) is 0.765. The van der Waals surface area contributed by atoms with E-state index in [0.717, 1.165) is 12.8 Å². The second-order valence-corrected chi connectivity index (χ2v) is 5.28. The number of hydrogen-bond donors (Lipinski definition) is 3. The van der Waals surface area contributed by atoms with E-state index >= 15 is 0 Å². The average Bonchev–Trinajstić information content (AvgIpc) is 2.89. The van der Waals surface area contributed by atoms with Gasteiger partial charge in [-0.1, -0.05) is 6.42 Å². The zero-order chi connectivity index (χ0) is 15.4. The standard InChI is InChI=1S/C13H19N5O3/c1-7-8(2)17-18-12(15-7)16-13(21)14-6-9-4-3-5-10(9)11(19)20/h9-10H,3-6H2,1-2H3,(H,19,20)(H2,14,15,16,18,21). The molecule has 8 heteroatoms. The van der Waals surface area contributed by atoms with Crippen LogP contribution in [-0.4, -0.2) is 38.8 Å². The number of aliphatic carboxylic acids is 1. The first-order valence-corrected chi connectivity index (χ1v) is 6.93. The van der Waals surface area contributed by atoms with E-state index in [-0.39, 0.29) is 17.8 Å². The summed E-state index contributed by atoms with van der Waals surface area (Å²) in [7, 11) is 0. The molecular weight excluding hydrogens is 274 g/mol. The van der Waals surface area contributed by atoms with Gasteiger partial charge in [0.05, 0.1) is 17.3 Å². The number of nitrogens with zero attached hydrogens (tertiary/aromatic N) is 3. The lowest BCUT2D eigenvalue weighted by molar-refractivity contribution is -0.142. The van der Waals surface area contributed by atoms with Gasteiger partial charge in [0.1, 0.15) is 0 Å². The largest absolute Gasteiger partial charge is 0.481 e. The maximum absolute atomic E-state index is 11.8. The number of carboxylic acids is 1. The van der Waals surface area contributed by atoms with E-state index in [1.165, 1.54) is 0 Å². The second kappa shape index (κ2) is 6.47. The summed E-state index contributed by atoms with van der Waals surface area (Å²) < 4.78 is 0. The van der Waals surface area contributed by atoms with Gasteiger partial charge in [0, 0.05) is 6.54 Å². The molecular formula is C13H19N5O3. The predicted molar refractivity (Wildman–Crippen MR) is 74.8 cm³/mol. The van der Waals surface area contributed by atoms with Gasteiger partial charge in [-0.05, 0) is 32.6 Å². The van der Waals surface area contributed by atoms with Crippen molar-refractivity contribution in [3.05, 3.63) is 11.4 Å². The van der Waals surface area contributed by atoms with Crippen LogP contribution >= 0.6 is 0 Å². The van der Waals surface area contributed by atoms with Gasteiger partial charge in [-0.2, -0.15) is 5.10 Å². The fourth-order valence-corrected chi connectivity index (χ4v) is 2.49. The molecule has 1 aliphatic carbocycles. The van der Waals surface area contributed by atoms with Gasteiger partial charge in [0.25, 0.3) is 5.95 Å². The van der Waals surface area contributed by atoms with Gasteiger partial charge in [0.15, 0.2) is 0 Å². The minimum absolute atomic E-state index is 0.0213. The lowest BCUT2D eigenvalue weighted by atomic mass is 9.96. The zero-order valence-electron chi connectivity index (χ0n) is 12.1. The molecule has 8 nitrogen and oxygen atoms in total. The highest BCUT2D eigenvalue weighted by atomic mass is 16.4. The van der Waals surface area contributed by atoms with Crippen molar-refractivity contribution in [2.24, 2.45) is 11.8 Å². The monoisotopic (exact) mass is 293 g/mol. The van der Waals surface area contributed by atoms with E-state index in [1.807, 2.05) is 0 Å². The molecule has 0 bridgehead atoms. The van der Waals surface area contributed by atoms with Crippen molar-refractivity contribution in [2.75, 3.05) is 11.9 Å². The lowest BCUT2D eigenvalue weighted by Crippen LogP contribution is -2.36. The zero-order valence-corrected chi connectivity index (χ0v) is 12.1. The number of rotatable bonds is 4. The van der Waals surface area contributed by atoms with Crippen LogP contribution in [0.15, 0.2) is 0 Å². The fraction of sp³-hybridized carbons (Fsp3) is 0.615. The van der Waals surface area contributed by atoms with Gasteiger partial charge in [-0.25, -0.2) is 9.78 Å². The van der Waals surface area contributed by atoms with Crippen molar-refractivity contribution in [3.8, 4) is 0 Å². The molecule has 1 saturated carbocycles. The molecule has 114 valence electrons. The summed E-state index contributed by atoms with van der Waals surface area (Å²) in [6.07, 6.45) is 2.38. The summed E-state index contributed by atoms with van der Waals surface area (Å²) in [5.41, 5.74) is 1.40. The van der Waals surface area contributed by atoms with Crippen LogP contribution in [0.5, 0.6) is 0 Å². The molecule has 2 atom stereocenters. The van der Waals surface area contributed by atoms with E-state index in [1.54, 1.807) is 13.8 Å². The van der Waals surface area contributed by atoms with Crippen molar-refractivity contribution < 1.29 is 14.7 Å². The molecule has 3 N–H and O–H groups in total. The molecule has 1 heterocycles. The molecule has 21 heavy (non-hydrogen) atoms. The van der Waals surface area contributed by atoms with Crippen LogP contribution in [0.1, 0.15) is 30.7 Å². The summed E-state index contributed by atoms with van der Waals surface area (Å²) in [5.74, 6) is -1.05. The number of hydrogen-bond acceptors (Lipinski definition) is 5. The number of amides is 2. The number of nitrogens with one attached hydrogen (secondary N) is 2. The van der Waals surface area contributed by atoms with Gasteiger partial charge in [-0.15, -0.1) is 5.10 Å². The molecule has 0 spiro atoms. The van der Waals surface area contributed by atoms with Crippen molar-refractivity contribution >= 4 is 17.9 Å². The van der Waals surface area contributed by atoms with Gasteiger partial charge < -0.3 is 10.4 Å². The van der Waals surface area contributed by atoms with Crippen LogP contribution in [0, 0.1) is 25.7 Å². The van der Waals surface area contributed by atoms with Gasteiger partial charge >= 0.3 is 12.0 Å². The topological polar surface area (TPSA) is 117 Å². The average molecular weight is 293 g/mol. The molecule has 2 rings (SSSR count). The van der Waals surface area contributed by atoms with E-state index in [2.05, 4.69) is 25.8 Å². The van der Waals surface area contributed by atoms with Crippen LogP contribution in [0.3, 0.4) is 0 Å². The first-order valence-electron chi connectivity index (χ1n) is 6.93. The smallest absolute Gasteiger partial charge is 0.321 e. The number of anilines is 1. The van der Waals surface area contributed by atoms with Crippen LogP contribution in [0.25, 0.3) is 0 Å². The minimum Gasteiger partial charge on any atom is -0.481 e. The van der Waals surface area contributed by atoms with Crippen LogP contribution in [0.2, 0.25) is 0 Å². The molecule has 1 aliphatic rings. The number of urea groups is 1. The molecule has 1 aromatic rings. The van der Waals surface area contributed by atoms with E-state index in [0.29, 0.717) is 24.4 Å². The Bertz CT molecular complexity index is 549. The van der Waals surface area contributed by atoms with Crippen molar-refractivity contribution in [1.29, 1.82) is 0 Å². The third-order valence-electron chi connectivity index (χ3n) is 3.82. The van der Waals surface area contributed by atoms with Crippen molar-refractivity contribution in [1.82, 2.24) is 20.5 Å². The summed E-state index contributed by atoms with van der Waals surface area (Å²) in [4.78, 5) is 26.9. The van der Waals surface area contributed by atoms with Gasteiger partial charge in [0.2, 0.25) is 0 Å². The Morgan fingerprint density at radius 3 is 2.67 bits per heavy atom. The second-order valence-electron chi connectivity index (χ2n) is 5.28. The lowest BCUT2D eigenvalue weighted by Gasteiger charge is -2.16. The van der Waals surface area contributed by atoms with E-state index in [4.69, 9.17) is 5.11 Å². The summed E-state index contributed by atoms with van der Waals surface area (Å²) in [6, 6.07) is -0.448. The van der Waals surface area contributed by atoms with Gasteiger partial charge in [-0.3, -0.25) is 10.1 Å². The first-order chi connectivity index (χ1) is 9.97. The maximum atomic E-state index is 11.8. The highest BCUT2D eigenvalue weighted by Crippen LogP contribution is 2.31. The molecule has 0 saturated heterocycles. The number of carboxylic acid groups (broad SMARTS) is 1. The third kappa shape index (κ3) is 3.87. The summed E-state index contributed by atoms with van der Waals surface area (Å²) >= 11 is 0. The van der Waals surface area contributed by atoms with Crippen molar-refractivity contribution in [2.45, 2.75) is 33.1 Å². The van der Waals surface area contributed by atoms with Crippen LogP contribution < -0.4 is 10.6 Å². The molecule has 0 radical (unpaired) electrons. The third-order valence-corrected chi connectivity index (χ3v) is 3.82. The van der Waals surface area contributed by atoms with Crippen LogP contribution in [0.4, 0.5) is 10.7 Å². The Labute approximate surface area is 122 Å². The minimum atomic E-state index is -0.790. The highest BCUT2D eigenvalue weighted by Gasteiger charge is 2.32. The Morgan fingerprint density at radius 1 is 1.24 bits per heavy atom. The van der Waals surface area contributed by atoms with Crippen molar-refractivity contribution in [3.63, 3.8) is 0 Å². The predicted octanol–water partition coefficient (Wildman–Crippen LogP) is 1.11. The molecule has 2 unspecified atom stereocenters. The Kier molecular flexibility index (Phi) is 4.66. The molecule has 1 fully saturated rings. The number of aromatic nitrogens is 3. The molecule has 0 aromatic carbocycles. The Balaban J connectivity index is 1.84. The van der Waals surface area contributed by atoms with E-state index in [9.17, 15) is 9.59 Å². The summed E-state index contributed by atoms with van der Waals surface area (Å²) in [5, 5.41) is 21.9. The maximum Gasteiger partial charge on any atom is 0.321 e. The molecule has 2 amide bonds. The normalized spacial score (nSPS) is 21.0. The Morgan fingerprint density at radius 2 is 2.00 bits per heavy atom. The molecule has 0 aliphatic heterocycles. The molecule has 1 aromatic heterocycles. The number of aryl methyl sites for hydroxylation is 2. The van der Waals surface area contributed by atoms with Crippen LogP contribution in [-0.2, 0) is 4.79 Å². The first kappa shape index (κ1) is 15.1. The fourth-order valence-electron chi connectivity index (χ4n) is 2.49. The summed E-state index contributed by atoms with van der Waals surface area (Å²) in [6.45, 7) is 3.90. The number of carbonyl (C=O) groups excluding carboxylic acids is 1. The number of carbonyl (C=O) groups is 2. The highest BCUT2D eigenvalue weighted by molar-refractivity contribution is 5.87. The Hall–Kier alpha value is -2.25. The van der Waals surface area contributed by atoms with E-state index < -0.39 is 12.0 Å². The SMILES string of the molecule is Cc1nnc(NC(=O)NCC2CCCC2C(=O)O)nc1C.